The summed E-state index contributed by atoms with van der Waals surface area (Å²) >= 11 is 7.46. The minimum absolute atomic E-state index is 0.159. The number of aromatic hydroxyl groups is 1. The molecule has 0 aliphatic heterocycles. The molecule has 1 aliphatic rings. The highest BCUT2D eigenvalue weighted by molar-refractivity contribution is 7.99. The van der Waals surface area contributed by atoms with Crippen LogP contribution in [0.5, 0.6) is 5.75 Å². The monoisotopic (exact) mass is 484 g/mol. The first kappa shape index (κ1) is 23.3. The largest absolute Gasteiger partial charge is 0.508 e. The van der Waals surface area contributed by atoms with E-state index >= 15 is 0 Å². The van der Waals surface area contributed by atoms with Crippen LogP contribution in [0, 0.1) is 0 Å². The molecule has 7 nitrogen and oxygen atoms in total. The molecule has 1 aliphatic carbocycles. The number of hydrogen-bond acceptors (Lipinski definition) is 5. The van der Waals surface area contributed by atoms with E-state index in [1.54, 1.807) is 25.1 Å². The van der Waals surface area contributed by atoms with E-state index in [0.29, 0.717) is 16.8 Å². The first-order valence-electron chi connectivity index (χ1n) is 11.0. The average Bonchev–Trinajstić information content (AvgIpc) is 3.26. The fraction of sp³-hybridized carbons (Fsp3) is 0.333. The molecule has 2 aromatic carbocycles. The number of carbonyl (C=O) groups is 1. The predicted molar refractivity (Wildman–Crippen MR) is 131 cm³/mol. The van der Waals surface area contributed by atoms with Gasteiger partial charge in [-0.1, -0.05) is 30.2 Å². The molecule has 3 aromatic rings. The number of aromatic nitrogens is 3. The Morgan fingerprint density at radius 2 is 2.00 bits per heavy atom. The van der Waals surface area contributed by atoms with E-state index in [9.17, 15) is 9.90 Å². The van der Waals surface area contributed by atoms with Gasteiger partial charge in [-0.2, -0.15) is 5.10 Å². The van der Waals surface area contributed by atoms with Crippen molar-refractivity contribution >= 4 is 35.0 Å². The number of rotatable bonds is 7. The number of amides is 1. The minimum atomic E-state index is -0.217. The molecule has 1 aromatic heterocycles. The summed E-state index contributed by atoms with van der Waals surface area (Å²) in [5, 5.41) is 23.0. The summed E-state index contributed by atoms with van der Waals surface area (Å²) in [7, 11) is 0. The molecule has 1 saturated carbocycles. The third kappa shape index (κ3) is 5.94. The number of nitrogens with zero attached hydrogens (tertiary/aromatic N) is 3. The number of phenols is 1. The van der Waals surface area contributed by atoms with Crippen LogP contribution in [-0.2, 0) is 4.79 Å². The van der Waals surface area contributed by atoms with E-state index in [1.165, 1.54) is 31.0 Å². The average molecular weight is 485 g/mol. The highest BCUT2D eigenvalue weighted by atomic mass is 35.5. The number of halogens is 1. The predicted octanol–water partition coefficient (Wildman–Crippen LogP) is 4.86. The van der Waals surface area contributed by atoms with Gasteiger partial charge in [0.25, 0.3) is 11.7 Å². The van der Waals surface area contributed by atoms with Gasteiger partial charge in [-0.05, 0) is 80.8 Å². The van der Waals surface area contributed by atoms with Crippen LogP contribution in [0.4, 0.5) is 0 Å². The Morgan fingerprint density at radius 3 is 2.73 bits per heavy atom. The van der Waals surface area contributed by atoms with Crippen LogP contribution in [0.2, 0.25) is 5.02 Å². The quantitative estimate of drug-likeness (QED) is 0.193. The Hall–Kier alpha value is -2.84. The zero-order valence-electron chi connectivity index (χ0n) is 18.4. The third-order valence-corrected chi connectivity index (χ3v) is 6.91. The summed E-state index contributed by atoms with van der Waals surface area (Å²) in [6.07, 6.45) is 5.83. The number of hydrogen-bond donors (Lipinski definition) is 3. The molecule has 0 spiro atoms. The standard InChI is InChI=1S/C24H26ClN5O2S/c1-16(18-6-5-9-21(31)14-18)26-27-22(32)15-33-24-29-28-23(17-10-12-19(25)13-11-17)30(24)20-7-3-2-4-8-20/h5-6,9-14,20H,2-4,7-8,15H2,1H3,(H2,27,31,32)/p+1. The van der Waals surface area contributed by atoms with Crippen molar-refractivity contribution in [1.82, 2.24) is 15.6 Å². The van der Waals surface area contributed by atoms with E-state index in [0.717, 1.165) is 34.9 Å². The van der Waals surface area contributed by atoms with Crippen molar-refractivity contribution in [3.8, 4) is 17.1 Å². The summed E-state index contributed by atoms with van der Waals surface area (Å²) in [5.74, 6) is 1.06. The molecular formula is C24H27ClN5O2S+. The Labute approximate surface area is 202 Å². The van der Waals surface area contributed by atoms with Gasteiger partial charge in [0, 0.05) is 10.6 Å². The molecule has 3 N–H and O–H groups in total. The number of nitrogens with one attached hydrogen (secondary N) is 2. The van der Waals surface area contributed by atoms with Crippen molar-refractivity contribution in [2.24, 2.45) is 5.10 Å². The van der Waals surface area contributed by atoms with Gasteiger partial charge < -0.3 is 5.11 Å². The summed E-state index contributed by atoms with van der Waals surface area (Å²) in [6, 6.07) is 14.8. The molecule has 1 heterocycles. The van der Waals surface area contributed by atoms with Gasteiger partial charge in [0.15, 0.2) is 0 Å². The highest BCUT2D eigenvalue weighted by Gasteiger charge is 2.30. The van der Waals surface area contributed by atoms with Crippen molar-refractivity contribution in [1.29, 1.82) is 0 Å². The fourth-order valence-electron chi connectivity index (χ4n) is 4.00. The van der Waals surface area contributed by atoms with E-state index < -0.39 is 0 Å². The topological polar surface area (TPSA) is 94.2 Å². The number of H-pyrrole nitrogens is 1. The SMILES string of the molecule is CC(=NNC(=O)CSc1n[nH]c(-c2ccc(Cl)cc2)[n+]1C1CCCCC1)c1cccc(O)c1. The van der Waals surface area contributed by atoms with Gasteiger partial charge >= 0.3 is 5.16 Å². The Kier molecular flexibility index (Phi) is 7.67. The van der Waals surface area contributed by atoms with Crippen LogP contribution < -0.4 is 9.99 Å². The summed E-state index contributed by atoms with van der Waals surface area (Å²) in [4.78, 5) is 12.5. The van der Waals surface area contributed by atoms with Crippen molar-refractivity contribution in [2.45, 2.75) is 50.2 Å². The first-order valence-corrected chi connectivity index (χ1v) is 12.4. The number of phenolic OH excluding ortho intramolecular Hbond substituents is 1. The van der Waals surface area contributed by atoms with Crippen molar-refractivity contribution in [2.75, 3.05) is 5.75 Å². The molecule has 1 fully saturated rings. The molecular weight excluding hydrogens is 458 g/mol. The minimum Gasteiger partial charge on any atom is -0.508 e. The Balaban J connectivity index is 1.47. The molecule has 9 heteroatoms. The second-order valence-electron chi connectivity index (χ2n) is 8.09. The van der Waals surface area contributed by atoms with E-state index in [1.807, 2.05) is 30.3 Å². The fourth-order valence-corrected chi connectivity index (χ4v) is 4.94. The number of benzene rings is 2. The number of aromatic amines is 1. The summed E-state index contributed by atoms with van der Waals surface area (Å²) in [6.45, 7) is 1.78. The summed E-state index contributed by atoms with van der Waals surface area (Å²) in [5.41, 5.74) is 4.98. The molecule has 4 rings (SSSR count). The third-order valence-electron chi connectivity index (χ3n) is 5.71. The molecule has 0 atom stereocenters. The van der Waals surface area contributed by atoms with Gasteiger partial charge in [0.1, 0.15) is 5.75 Å². The van der Waals surface area contributed by atoms with Crippen molar-refractivity contribution in [3.63, 3.8) is 0 Å². The number of thioether (sulfide) groups is 1. The maximum atomic E-state index is 12.5. The number of carbonyl (C=O) groups excluding carboxylic acids is 1. The van der Waals surface area contributed by atoms with Crippen LogP contribution in [-0.4, -0.2) is 32.7 Å². The Morgan fingerprint density at radius 1 is 1.24 bits per heavy atom. The lowest BCUT2D eigenvalue weighted by atomic mass is 9.95. The van der Waals surface area contributed by atoms with Crippen LogP contribution in [0.1, 0.15) is 50.6 Å². The lowest BCUT2D eigenvalue weighted by Gasteiger charge is -2.21. The molecule has 0 saturated heterocycles. The molecule has 0 unspecified atom stereocenters. The van der Waals surface area contributed by atoms with Gasteiger partial charge in [-0.3, -0.25) is 4.79 Å². The van der Waals surface area contributed by atoms with Gasteiger partial charge in [0.2, 0.25) is 0 Å². The maximum absolute atomic E-state index is 12.5. The summed E-state index contributed by atoms with van der Waals surface area (Å²) < 4.78 is 2.24. The molecule has 0 bridgehead atoms. The van der Waals surface area contributed by atoms with Crippen molar-refractivity contribution in [3.05, 3.63) is 59.1 Å². The highest BCUT2D eigenvalue weighted by Crippen LogP contribution is 2.29. The van der Waals surface area contributed by atoms with E-state index in [4.69, 9.17) is 11.6 Å². The lowest BCUT2D eigenvalue weighted by molar-refractivity contribution is -0.749. The second kappa shape index (κ2) is 10.9. The van der Waals surface area contributed by atoms with Crippen LogP contribution in [0.25, 0.3) is 11.4 Å². The van der Waals surface area contributed by atoms with Crippen LogP contribution >= 0.6 is 23.4 Å². The molecule has 33 heavy (non-hydrogen) atoms. The van der Waals surface area contributed by atoms with Crippen LogP contribution in [0.3, 0.4) is 0 Å². The van der Waals surface area contributed by atoms with Gasteiger partial charge in [0.05, 0.1) is 28.2 Å². The van der Waals surface area contributed by atoms with Gasteiger partial charge in [-0.25, -0.2) is 9.99 Å². The first-order chi connectivity index (χ1) is 16.0. The number of hydrazone groups is 1. The Bertz CT molecular complexity index is 1140. The molecule has 0 radical (unpaired) electrons. The zero-order valence-corrected chi connectivity index (χ0v) is 20.0. The van der Waals surface area contributed by atoms with Gasteiger partial charge in [-0.15, -0.1) is 5.10 Å². The molecule has 172 valence electrons. The normalized spacial score (nSPS) is 14.9. The van der Waals surface area contributed by atoms with Crippen molar-refractivity contribution < 1.29 is 14.5 Å². The van der Waals surface area contributed by atoms with E-state index in [2.05, 4.69) is 25.3 Å². The lowest BCUT2D eigenvalue weighted by Crippen LogP contribution is -2.43. The van der Waals surface area contributed by atoms with E-state index in [-0.39, 0.29) is 17.4 Å². The van der Waals surface area contributed by atoms with Crippen LogP contribution in [0.15, 0.2) is 58.8 Å². The molecule has 1 amide bonds. The second-order valence-corrected chi connectivity index (χ2v) is 9.47. The maximum Gasteiger partial charge on any atom is 0.337 e. The smallest absolute Gasteiger partial charge is 0.337 e. The zero-order chi connectivity index (χ0) is 23.2.